The van der Waals surface area contributed by atoms with Crippen molar-refractivity contribution in [2.24, 2.45) is 0 Å². The van der Waals surface area contributed by atoms with Crippen molar-refractivity contribution >= 4 is 22.9 Å². The smallest absolute Gasteiger partial charge is 0.102 e. The second-order valence-electron chi connectivity index (χ2n) is 3.74. The van der Waals surface area contributed by atoms with Gasteiger partial charge in [0.2, 0.25) is 0 Å². The van der Waals surface area contributed by atoms with Crippen LogP contribution in [0.3, 0.4) is 0 Å². The lowest BCUT2D eigenvalue weighted by molar-refractivity contribution is 0.105. The summed E-state index contributed by atoms with van der Waals surface area (Å²) in [6, 6.07) is 0. The van der Waals surface area contributed by atoms with Gasteiger partial charge in [-0.2, -0.15) is 0 Å². The van der Waals surface area contributed by atoms with E-state index < -0.39 is 0 Å². The maximum absolute atomic E-state index is 12.2. The van der Waals surface area contributed by atoms with Crippen molar-refractivity contribution in [3.63, 3.8) is 0 Å². The molecule has 1 aliphatic carbocycles. The Bertz CT molecular complexity index is 172. The first-order valence-corrected chi connectivity index (χ1v) is 5.45. The number of halogens is 2. The van der Waals surface area contributed by atoms with E-state index >= 15 is 0 Å². The first kappa shape index (κ1) is 9.15. The predicted octanol–water partition coefficient (Wildman–Crippen LogP) is 1.46. The summed E-state index contributed by atoms with van der Waals surface area (Å²) in [6.45, 7) is 3.72. The van der Waals surface area contributed by atoms with Crippen LogP contribution in [0.15, 0.2) is 0 Å². The number of hydrogen-bond donors (Lipinski definition) is 0. The number of piperazine rings is 1. The molecule has 4 heteroatoms. The third-order valence-corrected chi connectivity index (χ3v) is 3.75. The Morgan fingerprint density at radius 1 is 1.33 bits per heavy atom. The van der Waals surface area contributed by atoms with Crippen LogP contribution < -0.4 is 0 Å². The highest BCUT2D eigenvalue weighted by molar-refractivity contribution is 14.1. The van der Waals surface area contributed by atoms with Gasteiger partial charge in [-0.3, -0.25) is 4.90 Å². The van der Waals surface area contributed by atoms with E-state index in [0.717, 1.165) is 19.6 Å². The predicted molar refractivity (Wildman–Crippen MR) is 55.1 cm³/mol. The van der Waals surface area contributed by atoms with Gasteiger partial charge in [-0.15, -0.1) is 0 Å². The highest BCUT2D eigenvalue weighted by Gasteiger charge is 2.50. The molecular weight excluding hydrogens is 270 g/mol. The van der Waals surface area contributed by atoms with Crippen molar-refractivity contribution in [3.8, 4) is 0 Å². The number of rotatable bonds is 2. The molecule has 1 saturated heterocycles. The van der Waals surface area contributed by atoms with Gasteiger partial charge in [0.25, 0.3) is 0 Å². The van der Waals surface area contributed by atoms with Crippen LogP contribution in [0.25, 0.3) is 0 Å². The van der Waals surface area contributed by atoms with Crippen molar-refractivity contribution in [2.45, 2.75) is 18.4 Å². The van der Waals surface area contributed by atoms with Crippen LogP contribution in [0.4, 0.5) is 4.39 Å². The highest BCUT2D eigenvalue weighted by Crippen LogP contribution is 2.44. The van der Waals surface area contributed by atoms with Gasteiger partial charge in [0.05, 0.1) is 0 Å². The lowest BCUT2D eigenvalue weighted by Crippen LogP contribution is -2.52. The van der Waals surface area contributed by atoms with Gasteiger partial charge < -0.3 is 0 Å². The van der Waals surface area contributed by atoms with E-state index in [1.54, 1.807) is 0 Å². The van der Waals surface area contributed by atoms with Crippen LogP contribution in [0.1, 0.15) is 12.8 Å². The molecule has 1 spiro atoms. The summed E-state index contributed by atoms with van der Waals surface area (Å²) in [5.41, 5.74) is 0.380. The zero-order chi connectivity index (χ0) is 8.60. The molecule has 0 amide bonds. The number of alkyl halides is 1. The normalized spacial score (nSPS) is 29.5. The SMILES string of the molecule is FCCN1CCN(I)CC12CC2. The topological polar surface area (TPSA) is 6.48 Å². The zero-order valence-corrected chi connectivity index (χ0v) is 9.26. The third kappa shape index (κ3) is 1.61. The second-order valence-corrected chi connectivity index (χ2v) is 5.11. The standard InChI is InChI=1S/C8H14FIN2/c9-3-4-11-5-6-12(10)7-8(11)1-2-8/h1-7H2. The average molecular weight is 284 g/mol. The summed E-state index contributed by atoms with van der Waals surface area (Å²) in [4.78, 5) is 2.34. The maximum atomic E-state index is 12.2. The third-order valence-electron chi connectivity index (χ3n) is 2.93. The van der Waals surface area contributed by atoms with Crippen LogP contribution >= 0.6 is 22.9 Å². The summed E-state index contributed by atoms with van der Waals surface area (Å²) in [6.07, 6.45) is 2.54. The molecule has 1 heterocycles. The largest absolute Gasteiger partial charge is 0.292 e. The molecule has 2 nitrogen and oxygen atoms in total. The molecule has 2 fully saturated rings. The lowest BCUT2D eigenvalue weighted by atomic mass is 10.1. The minimum atomic E-state index is -0.191. The molecule has 0 aromatic heterocycles. The van der Waals surface area contributed by atoms with Gasteiger partial charge in [-0.25, -0.2) is 7.50 Å². The molecule has 0 bridgehead atoms. The fourth-order valence-electron chi connectivity index (χ4n) is 2.03. The van der Waals surface area contributed by atoms with Crippen molar-refractivity contribution in [2.75, 3.05) is 32.9 Å². The van der Waals surface area contributed by atoms with E-state index in [9.17, 15) is 4.39 Å². The van der Waals surface area contributed by atoms with Crippen LogP contribution in [-0.4, -0.2) is 46.4 Å². The lowest BCUT2D eigenvalue weighted by Gasteiger charge is -2.39. The van der Waals surface area contributed by atoms with E-state index in [0.29, 0.717) is 12.1 Å². The van der Waals surface area contributed by atoms with Crippen LogP contribution in [0.2, 0.25) is 0 Å². The molecule has 0 atom stereocenters. The molecule has 1 saturated carbocycles. The summed E-state index contributed by atoms with van der Waals surface area (Å²) in [5, 5.41) is 0. The Morgan fingerprint density at radius 3 is 2.67 bits per heavy atom. The van der Waals surface area contributed by atoms with Crippen LogP contribution in [0.5, 0.6) is 0 Å². The highest BCUT2D eigenvalue weighted by atomic mass is 127. The Morgan fingerprint density at radius 2 is 2.08 bits per heavy atom. The van der Waals surface area contributed by atoms with Crippen LogP contribution in [-0.2, 0) is 0 Å². The summed E-state index contributed by atoms with van der Waals surface area (Å²) in [5.74, 6) is 0. The van der Waals surface area contributed by atoms with Crippen molar-refractivity contribution in [3.05, 3.63) is 0 Å². The van der Waals surface area contributed by atoms with Gasteiger partial charge >= 0.3 is 0 Å². The van der Waals surface area contributed by atoms with Crippen molar-refractivity contribution in [1.82, 2.24) is 8.01 Å². The maximum Gasteiger partial charge on any atom is 0.102 e. The zero-order valence-electron chi connectivity index (χ0n) is 7.10. The average Bonchev–Trinajstić information content (AvgIpc) is 2.77. The van der Waals surface area contributed by atoms with E-state index in [1.165, 1.54) is 12.8 Å². The fraction of sp³-hybridized carbons (Fsp3) is 1.00. The Kier molecular flexibility index (Phi) is 2.58. The fourth-order valence-corrected chi connectivity index (χ4v) is 2.89. The van der Waals surface area contributed by atoms with E-state index in [1.807, 2.05) is 0 Å². The molecule has 2 aliphatic rings. The van der Waals surface area contributed by atoms with Gasteiger partial charge in [0.1, 0.15) is 6.67 Å². The molecule has 0 radical (unpaired) electrons. The molecule has 0 aromatic rings. The summed E-state index contributed by atoms with van der Waals surface area (Å²) >= 11 is 2.37. The minimum absolute atomic E-state index is 0.191. The van der Waals surface area contributed by atoms with E-state index in [-0.39, 0.29) is 6.67 Å². The number of nitrogens with zero attached hydrogens (tertiary/aromatic N) is 2. The van der Waals surface area contributed by atoms with Gasteiger partial charge in [-0.1, -0.05) is 0 Å². The molecule has 1 aliphatic heterocycles. The van der Waals surface area contributed by atoms with E-state index in [2.05, 4.69) is 30.9 Å². The quantitative estimate of drug-likeness (QED) is 0.559. The first-order valence-electron chi connectivity index (χ1n) is 4.49. The summed E-state index contributed by atoms with van der Waals surface area (Å²) in [7, 11) is 0. The summed E-state index contributed by atoms with van der Waals surface area (Å²) < 4.78 is 14.5. The molecule has 70 valence electrons. The monoisotopic (exact) mass is 284 g/mol. The molecular formula is C8H14FIN2. The van der Waals surface area contributed by atoms with Gasteiger partial charge in [0.15, 0.2) is 0 Å². The molecule has 0 unspecified atom stereocenters. The minimum Gasteiger partial charge on any atom is -0.292 e. The molecule has 12 heavy (non-hydrogen) atoms. The Labute approximate surface area is 86.6 Å². The van der Waals surface area contributed by atoms with Crippen molar-refractivity contribution in [1.29, 1.82) is 0 Å². The van der Waals surface area contributed by atoms with Gasteiger partial charge in [0, 0.05) is 54.6 Å². The number of hydrogen-bond acceptors (Lipinski definition) is 2. The second kappa shape index (κ2) is 3.38. The molecule has 0 aromatic carbocycles. The van der Waals surface area contributed by atoms with Crippen LogP contribution in [0, 0.1) is 0 Å². The van der Waals surface area contributed by atoms with Crippen molar-refractivity contribution < 1.29 is 4.39 Å². The molecule has 2 rings (SSSR count). The molecule has 0 N–H and O–H groups in total. The Balaban J connectivity index is 1.96. The first-order chi connectivity index (χ1) is 5.77. The van der Waals surface area contributed by atoms with E-state index in [4.69, 9.17) is 0 Å². The Hall–Kier alpha value is 0.580. The van der Waals surface area contributed by atoms with Gasteiger partial charge in [-0.05, 0) is 12.8 Å².